The number of alkyl halides is 1. The number of carbonyl (C=O) groups excluding carboxylic acids is 2. The maximum Gasteiger partial charge on any atom is 0.410 e. The zero-order valence-electron chi connectivity index (χ0n) is 10.4. The molecule has 3 atom stereocenters. The molecule has 0 N–H and O–H groups in total. The average Bonchev–Trinajstić information content (AvgIpc) is 2.66. The van der Waals surface area contributed by atoms with Crippen LogP contribution >= 0.6 is 0 Å². The molecule has 0 radical (unpaired) electrons. The molecule has 1 saturated carbocycles. The van der Waals surface area contributed by atoms with Crippen LogP contribution in [0.2, 0.25) is 0 Å². The minimum atomic E-state index is -1.40. The van der Waals surface area contributed by atoms with E-state index in [-0.39, 0.29) is 24.0 Å². The predicted molar refractivity (Wildman–Crippen MR) is 59.3 cm³/mol. The first-order valence-electron chi connectivity index (χ1n) is 5.92. The Morgan fingerprint density at radius 1 is 1.41 bits per heavy atom. The number of fused-ring (bicyclic) bond motifs is 1. The molecule has 2 fully saturated rings. The smallest absolute Gasteiger partial charge is 0.410 e. The lowest BCUT2D eigenvalue weighted by Gasteiger charge is -2.24. The quantitative estimate of drug-likeness (QED) is 0.651. The van der Waals surface area contributed by atoms with Crippen molar-refractivity contribution in [3.05, 3.63) is 0 Å². The van der Waals surface area contributed by atoms with Crippen molar-refractivity contribution in [3.8, 4) is 0 Å². The van der Waals surface area contributed by atoms with Crippen LogP contribution in [-0.4, -0.2) is 41.6 Å². The topological polar surface area (TPSA) is 46.6 Å². The maximum absolute atomic E-state index is 13.5. The average molecular weight is 243 g/mol. The van der Waals surface area contributed by atoms with E-state index in [9.17, 15) is 14.0 Å². The van der Waals surface area contributed by atoms with Crippen molar-refractivity contribution < 1.29 is 18.7 Å². The van der Waals surface area contributed by atoms with E-state index in [4.69, 9.17) is 4.74 Å². The monoisotopic (exact) mass is 243 g/mol. The summed E-state index contributed by atoms with van der Waals surface area (Å²) in [5.41, 5.74) is -0.542. The van der Waals surface area contributed by atoms with Gasteiger partial charge in [-0.25, -0.2) is 9.18 Å². The molecule has 1 aliphatic heterocycles. The van der Waals surface area contributed by atoms with Gasteiger partial charge in [0.2, 0.25) is 0 Å². The lowest BCUT2D eigenvalue weighted by molar-refractivity contribution is -0.122. The van der Waals surface area contributed by atoms with Crippen LogP contribution in [0.25, 0.3) is 0 Å². The summed E-state index contributed by atoms with van der Waals surface area (Å²) in [5, 5.41) is 0. The highest BCUT2D eigenvalue weighted by atomic mass is 19.1. The third-order valence-corrected chi connectivity index (χ3v) is 3.29. The number of ketones is 1. The molecule has 0 aromatic rings. The van der Waals surface area contributed by atoms with Gasteiger partial charge in [0.05, 0.1) is 0 Å². The second-order valence-electron chi connectivity index (χ2n) is 5.88. The molecule has 5 heteroatoms. The molecular formula is C12H18FNO3. The van der Waals surface area contributed by atoms with Crippen LogP contribution in [0, 0.1) is 11.8 Å². The standard InChI is InChI=1S/C12H18FNO3/c1-12(2,3)17-11(16)14-5-7-4-9(15)10(13)8(7)6-14/h7-8,10H,4-6H2,1-3H3/t7-,8?,10-/m1/s1. The van der Waals surface area contributed by atoms with Crippen LogP contribution < -0.4 is 0 Å². The number of hydrogen-bond acceptors (Lipinski definition) is 3. The Kier molecular flexibility index (Phi) is 2.87. The molecule has 1 unspecified atom stereocenters. The summed E-state index contributed by atoms with van der Waals surface area (Å²) < 4.78 is 18.7. The number of ether oxygens (including phenoxy) is 1. The molecule has 1 heterocycles. The Balaban J connectivity index is 1.96. The van der Waals surface area contributed by atoms with Crippen molar-refractivity contribution in [1.82, 2.24) is 4.90 Å². The number of likely N-dealkylation sites (tertiary alicyclic amines) is 1. The second-order valence-corrected chi connectivity index (χ2v) is 5.88. The molecule has 17 heavy (non-hydrogen) atoms. The first kappa shape index (κ1) is 12.3. The van der Waals surface area contributed by atoms with Crippen LogP contribution in [0.3, 0.4) is 0 Å². The number of amides is 1. The summed E-state index contributed by atoms with van der Waals surface area (Å²) in [5.74, 6) is -0.663. The highest BCUT2D eigenvalue weighted by molar-refractivity contribution is 5.86. The van der Waals surface area contributed by atoms with Gasteiger partial charge in [0.15, 0.2) is 12.0 Å². The van der Waals surface area contributed by atoms with Gasteiger partial charge in [-0.1, -0.05) is 0 Å². The van der Waals surface area contributed by atoms with E-state index in [0.717, 1.165) is 0 Å². The molecule has 2 aliphatic rings. The van der Waals surface area contributed by atoms with Crippen molar-refractivity contribution in [3.63, 3.8) is 0 Å². The summed E-state index contributed by atoms with van der Waals surface area (Å²) >= 11 is 0. The normalized spacial score (nSPS) is 32.8. The molecule has 1 aliphatic carbocycles. The van der Waals surface area contributed by atoms with Gasteiger partial charge in [-0.2, -0.15) is 0 Å². The van der Waals surface area contributed by atoms with Crippen LogP contribution in [0.5, 0.6) is 0 Å². The van der Waals surface area contributed by atoms with E-state index < -0.39 is 17.9 Å². The van der Waals surface area contributed by atoms with Gasteiger partial charge >= 0.3 is 6.09 Å². The highest BCUT2D eigenvalue weighted by Gasteiger charge is 2.49. The molecule has 0 aromatic heterocycles. The van der Waals surface area contributed by atoms with E-state index >= 15 is 0 Å². The van der Waals surface area contributed by atoms with Gasteiger partial charge in [-0.05, 0) is 26.7 Å². The van der Waals surface area contributed by atoms with Crippen LogP contribution in [0.4, 0.5) is 9.18 Å². The first-order chi connectivity index (χ1) is 7.78. The summed E-state index contributed by atoms with van der Waals surface area (Å²) in [6.45, 7) is 6.12. The molecule has 0 spiro atoms. The summed E-state index contributed by atoms with van der Waals surface area (Å²) in [6, 6.07) is 0. The molecule has 1 saturated heterocycles. The van der Waals surface area contributed by atoms with Crippen LogP contribution in [0.15, 0.2) is 0 Å². The van der Waals surface area contributed by atoms with Crippen molar-refractivity contribution >= 4 is 11.9 Å². The van der Waals surface area contributed by atoms with Crippen LogP contribution in [-0.2, 0) is 9.53 Å². The van der Waals surface area contributed by atoms with Gasteiger partial charge in [0, 0.05) is 25.4 Å². The largest absolute Gasteiger partial charge is 0.444 e. The Morgan fingerprint density at radius 3 is 2.59 bits per heavy atom. The number of carbonyl (C=O) groups is 2. The summed E-state index contributed by atoms with van der Waals surface area (Å²) in [4.78, 5) is 24.5. The molecule has 2 rings (SSSR count). The SMILES string of the molecule is CC(C)(C)OC(=O)N1CC2[C@H](CC(=O)[C@@H]2F)C1. The fourth-order valence-corrected chi connectivity index (χ4v) is 2.53. The van der Waals surface area contributed by atoms with E-state index in [1.54, 1.807) is 20.8 Å². The maximum atomic E-state index is 13.5. The Bertz CT molecular complexity index is 350. The van der Waals surface area contributed by atoms with E-state index in [0.29, 0.717) is 13.1 Å². The third kappa shape index (κ3) is 2.42. The lowest BCUT2D eigenvalue weighted by atomic mass is 10.0. The van der Waals surface area contributed by atoms with Gasteiger partial charge < -0.3 is 9.64 Å². The Morgan fingerprint density at radius 2 is 2.06 bits per heavy atom. The van der Waals surface area contributed by atoms with Crippen LogP contribution in [0.1, 0.15) is 27.2 Å². The van der Waals surface area contributed by atoms with Gasteiger partial charge in [-0.15, -0.1) is 0 Å². The molecule has 1 amide bonds. The third-order valence-electron chi connectivity index (χ3n) is 3.29. The minimum Gasteiger partial charge on any atom is -0.444 e. The first-order valence-corrected chi connectivity index (χ1v) is 5.92. The molecule has 0 bridgehead atoms. The van der Waals surface area contributed by atoms with Gasteiger partial charge in [0.1, 0.15) is 5.60 Å². The highest BCUT2D eigenvalue weighted by Crippen LogP contribution is 2.38. The number of rotatable bonds is 0. The summed E-state index contributed by atoms with van der Waals surface area (Å²) in [7, 11) is 0. The molecule has 0 aromatic carbocycles. The lowest BCUT2D eigenvalue weighted by Crippen LogP contribution is -2.36. The zero-order chi connectivity index (χ0) is 12.8. The minimum absolute atomic E-state index is 0.0231. The van der Waals surface area contributed by atoms with E-state index in [1.165, 1.54) is 4.90 Å². The fraction of sp³-hybridized carbons (Fsp3) is 0.833. The number of Topliss-reactive ketones (excluding diaryl/α,β-unsaturated/α-hetero) is 1. The van der Waals surface area contributed by atoms with E-state index in [2.05, 4.69) is 0 Å². The van der Waals surface area contributed by atoms with Crippen molar-refractivity contribution in [2.75, 3.05) is 13.1 Å². The number of halogens is 1. The van der Waals surface area contributed by atoms with Crippen molar-refractivity contribution in [2.24, 2.45) is 11.8 Å². The molecule has 96 valence electrons. The fourth-order valence-electron chi connectivity index (χ4n) is 2.53. The molecule has 4 nitrogen and oxygen atoms in total. The Hall–Kier alpha value is -1.13. The van der Waals surface area contributed by atoms with Crippen molar-refractivity contribution in [2.45, 2.75) is 39.0 Å². The Labute approximate surface area is 100 Å². The summed E-state index contributed by atoms with van der Waals surface area (Å²) in [6.07, 6.45) is -1.55. The second kappa shape index (κ2) is 3.96. The van der Waals surface area contributed by atoms with Crippen molar-refractivity contribution in [1.29, 1.82) is 0 Å². The predicted octanol–water partition coefficient (Wildman–Crippen LogP) is 1.78. The van der Waals surface area contributed by atoms with Gasteiger partial charge in [0.25, 0.3) is 0 Å². The van der Waals surface area contributed by atoms with Gasteiger partial charge in [-0.3, -0.25) is 4.79 Å². The zero-order valence-corrected chi connectivity index (χ0v) is 10.4. The molecular weight excluding hydrogens is 225 g/mol. The number of hydrogen-bond donors (Lipinski definition) is 0. The van der Waals surface area contributed by atoms with E-state index in [1.807, 2.05) is 0 Å². The number of nitrogens with zero attached hydrogens (tertiary/aromatic N) is 1.